The molecule has 3 rings (SSSR count). The lowest BCUT2D eigenvalue weighted by molar-refractivity contribution is 0.208. The molecular weight excluding hydrogens is 332 g/mol. The van der Waals surface area contributed by atoms with Crippen LogP contribution in [-0.4, -0.2) is 49.4 Å². The number of halogens is 1. The molecule has 2 heterocycles. The summed E-state index contributed by atoms with van der Waals surface area (Å²) in [4.78, 5) is 16.2. The molecule has 1 saturated heterocycles. The highest BCUT2D eigenvalue weighted by Crippen LogP contribution is 2.27. The molecule has 1 aliphatic rings. The standard InChI is InChI=1S/C16H19ClN4O3/c1-11-9-15(19-24-11)20-5-7-21(8-6-20)16(22)18-12-3-4-14(23-2)13(17)10-12/h3-4,9-10H,5-8H2,1-2H3,(H,18,22). The molecule has 24 heavy (non-hydrogen) atoms. The van der Waals surface area contributed by atoms with Crippen LogP contribution in [0.1, 0.15) is 5.76 Å². The third-order valence-electron chi connectivity index (χ3n) is 3.91. The molecule has 0 aliphatic carbocycles. The Hall–Kier alpha value is -2.41. The summed E-state index contributed by atoms with van der Waals surface area (Å²) in [6.07, 6.45) is 0. The van der Waals surface area contributed by atoms with Crippen molar-refractivity contribution in [3.8, 4) is 5.75 Å². The predicted octanol–water partition coefficient (Wildman–Crippen LogP) is 3.00. The summed E-state index contributed by atoms with van der Waals surface area (Å²) in [6.45, 7) is 4.51. The van der Waals surface area contributed by atoms with Gasteiger partial charge in [-0.05, 0) is 25.1 Å². The van der Waals surface area contributed by atoms with Gasteiger partial charge in [0.15, 0.2) is 5.82 Å². The van der Waals surface area contributed by atoms with E-state index in [1.165, 1.54) is 0 Å². The Morgan fingerprint density at radius 3 is 2.62 bits per heavy atom. The van der Waals surface area contributed by atoms with Crippen molar-refractivity contribution in [2.45, 2.75) is 6.92 Å². The van der Waals surface area contributed by atoms with E-state index >= 15 is 0 Å². The van der Waals surface area contributed by atoms with Gasteiger partial charge in [0.1, 0.15) is 11.5 Å². The Bertz CT molecular complexity index is 726. The first-order chi connectivity index (χ1) is 11.6. The number of piperazine rings is 1. The summed E-state index contributed by atoms with van der Waals surface area (Å²) in [5, 5.41) is 7.32. The van der Waals surface area contributed by atoms with Crippen molar-refractivity contribution >= 4 is 29.1 Å². The third kappa shape index (κ3) is 3.56. The Balaban J connectivity index is 1.56. The van der Waals surface area contributed by atoms with Gasteiger partial charge in [0, 0.05) is 37.9 Å². The van der Waals surface area contributed by atoms with Gasteiger partial charge in [0.05, 0.1) is 12.1 Å². The van der Waals surface area contributed by atoms with E-state index in [1.54, 1.807) is 30.2 Å². The van der Waals surface area contributed by atoms with Crippen LogP contribution in [0, 0.1) is 6.92 Å². The van der Waals surface area contributed by atoms with Crippen molar-refractivity contribution in [3.63, 3.8) is 0 Å². The Labute approximate surface area is 145 Å². The van der Waals surface area contributed by atoms with Crippen LogP contribution in [0.2, 0.25) is 5.02 Å². The highest BCUT2D eigenvalue weighted by atomic mass is 35.5. The summed E-state index contributed by atoms with van der Waals surface area (Å²) < 4.78 is 10.2. The summed E-state index contributed by atoms with van der Waals surface area (Å²) in [5.74, 6) is 2.17. The van der Waals surface area contributed by atoms with Crippen molar-refractivity contribution in [3.05, 3.63) is 35.0 Å². The van der Waals surface area contributed by atoms with Crippen LogP contribution in [0.3, 0.4) is 0 Å². The highest BCUT2D eigenvalue weighted by molar-refractivity contribution is 6.32. The molecule has 1 fully saturated rings. The third-order valence-corrected chi connectivity index (χ3v) is 4.20. The molecule has 0 bridgehead atoms. The van der Waals surface area contributed by atoms with Crippen molar-refractivity contribution in [2.75, 3.05) is 43.5 Å². The second kappa shape index (κ2) is 7.00. The maximum atomic E-state index is 12.4. The summed E-state index contributed by atoms with van der Waals surface area (Å²) in [6, 6.07) is 6.91. The van der Waals surface area contributed by atoms with E-state index in [2.05, 4.69) is 15.4 Å². The van der Waals surface area contributed by atoms with Crippen molar-refractivity contribution in [1.82, 2.24) is 10.1 Å². The lowest BCUT2D eigenvalue weighted by Crippen LogP contribution is -2.50. The van der Waals surface area contributed by atoms with Gasteiger partial charge in [-0.25, -0.2) is 4.79 Å². The second-order valence-corrected chi connectivity index (χ2v) is 5.96. The first kappa shape index (κ1) is 16.4. The topological polar surface area (TPSA) is 70.8 Å². The Kier molecular flexibility index (Phi) is 4.80. The zero-order valence-electron chi connectivity index (χ0n) is 13.6. The number of rotatable bonds is 3. The highest BCUT2D eigenvalue weighted by Gasteiger charge is 2.23. The molecule has 0 spiro atoms. The number of aromatic nitrogens is 1. The monoisotopic (exact) mass is 350 g/mol. The fourth-order valence-corrected chi connectivity index (χ4v) is 2.85. The molecule has 0 radical (unpaired) electrons. The molecule has 1 aromatic carbocycles. The summed E-state index contributed by atoms with van der Waals surface area (Å²) in [5.41, 5.74) is 0.639. The number of urea groups is 1. The molecule has 7 nitrogen and oxygen atoms in total. The smallest absolute Gasteiger partial charge is 0.321 e. The minimum absolute atomic E-state index is 0.146. The van der Waals surface area contributed by atoms with Crippen LogP contribution in [0.15, 0.2) is 28.8 Å². The number of carbonyl (C=O) groups is 1. The minimum Gasteiger partial charge on any atom is -0.495 e. The lowest BCUT2D eigenvalue weighted by Gasteiger charge is -2.34. The van der Waals surface area contributed by atoms with Gasteiger partial charge in [-0.1, -0.05) is 16.8 Å². The average Bonchev–Trinajstić information content (AvgIpc) is 3.02. The number of carbonyl (C=O) groups excluding carboxylic acids is 1. The molecule has 0 atom stereocenters. The molecular formula is C16H19ClN4O3. The normalized spacial score (nSPS) is 14.6. The largest absolute Gasteiger partial charge is 0.495 e. The Morgan fingerprint density at radius 1 is 1.29 bits per heavy atom. The van der Waals surface area contributed by atoms with Crippen LogP contribution in [0.25, 0.3) is 0 Å². The molecule has 128 valence electrons. The predicted molar refractivity (Wildman–Crippen MR) is 92.0 cm³/mol. The molecule has 8 heteroatoms. The first-order valence-electron chi connectivity index (χ1n) is 7.64. The van der Waals surface area contributed by atoms with Crippen LogP contribution in [0.4, 0.5) is 16.3 Å². The molecule has 0 unspecified atom stereocenters. The number of aryl methyl sites for hydroxylation is 1. The number of nitrogens with one attached hydrogen (secondary N) is 1. The summed E-state index contributed by atoms with van der Waals surface area (Å²) >= 11 is 6.08. The zero-order valence-corrected chi connectivity index (χ0v) is 14.3. The van der Waals surface area contributed by atoms with Gasteiger partial charge in [-0.15, -0.1) is 0 Å². The van der Waals surface area contributed by atoms with Crippen molar-refractivity contribution in [1.29, 1.82) is 0 Å². The fraction of sp³-hybridized carbons (Fsp3) is 0.375. The molecule has 1 aliphatic heterocycles. The number of benzene rings is 1. The number of hydrogen-bond donors (Lipinski definition) is 1. The van der Waals surface area contributed by atoms with E-state index in [4.69, 9.17) is 20.9 Å². The number of ether oxygens (including phenoxy) is 1. The Morgan fingerprint density at radius 2 is 2.04 bits per heavy atom. The van der Waals surface area contributed by atoms with Crippen LogP contribution in [-0.2, 0) is 0 Å². The van der Waals surface area contributed by atoms with Crippen LogP contribution < -0.4 is 15.0 Å². The number of nitrogens with zero attached hydrogens (tertiary/aromatic N) is 3. The van der Waals surface area contributed by atoms with Gasteiger partial charge in [0.2, 0.25) is 0 Å². The van der Waals surface area contributed by atoms with E-state index in [-0.39, 0.29) is 6.03 Å². The van der Waals surface area contributed by atoms with E-state index in [1.807, 2.05) is 13.0 Å². The van der Waals surface area contributed by atoms with Crippen LogP contribution >= 0.6 is 11.6 Å². The molecule has 2 aromatic rings. The van der Waals surface area contributed by atoms with Crippen LogP contribution in [0.5, 0.6) is 5.75 Å². The second-order valence-electron chi connectivity index (χ2n) is 5.55. The van der Waals surface area contributed by atoms with E-state index in [9.17, 15) is 4.79 Å². The first-order valence-corrected chi connectivity index (χ1v) is 8.02. The maximum absolute atomic E-state index is 12.4. The number of hydrogen-bond acceptors (Lipinski definition) is 5. The van der Waals surface area contributed by atoms with Gasteiger partial charge in [0.25, 0.3) is 0 Å². The number of methoxy groups -OCH3 is 1. The fourth-order valence-electron chi connectivity index (χ4n) is 2.59. The van der Waals surface area contributed by atoms with E-state index in [0.29, 0.717) is 42.6 Å². The molecule has 2 amide bonds. The molecule has 1 aromatic heterocycles. The average molecular weight is 351 g/mol. The van der Waals surface area contributed by atoms with E-state index in [0.717, 1.165) is 11.6 Å². The lowest BCUT2D eigenvalue weighted by atomic mass is 10.3. The minimum atomic E-state index is -0.146. The van der Waals surface area contributed by atoms with Gasteiger partial charge < -0.3 is 24.4 Å². The van der Waals surface area contributed by atoms with Gasteiger partial charge in [-0.2, -0.15) is 0 Å². The van der Waals surface area contributed by atoms with Gasteiger partial charge >= 0.3 is 6.03 Å². The quantitative estimate of drug-likeness (QED) is 0.921. The SMILES string of the molecule is COc1ccc(NC(=O)N2CCN(c3cc(C)on3)CC2)cc1Cl. The number of anilines is 2. The molecule has 1 N–H and O–H groups in total. The molecule has 0 saturated carbocycles. The number of amides is 2. The summed E-state index contributed by atoms with van der Waals surface area (Å²) in [7, 11) is 1.55. The maximum Gasteiger partial charge on any atom is 0.321 e. The van der Waals surface area contributed by atoms with Crippen molar-refractivity contribution in [2.24, 2.45) is 0 Å². The zero-order chi connectivity index (χ0) is 17.1. The van der Waals surface area contributed by atoms with Crippen molar-refractivity contribution < 1.29 is 14.1 Å². The van der Waals surface area contributed by atoms with E-state index < -0.39 is 0 Å². The van der Waals surface area contributed by atoms with Gasteiger partial charge in [-0.3, -0.25) is 0 Å².